The second kappa shape index (κ2) is 6.96. The molecule has 1 aliphatic heterocycles. The van der Waals surface area contributed by atoms with Crippen LogP contribution in [0.4, 0.5) is 13.2 Å². The Hall–Kier alpha value is -3.07. The zero-order chi connectivity index (χ0) is 22.7. The van der Waals surface area contributed by atoms with Gasteiger partial charge in [-0.2, -0.15) is 13.2 Å². The summed E-state index contributed by atoms with van der Waals surface area (Å²) in [5.41, 5.74) is -4.85. The third-order valence-corrected chi connectivity index (χ3v) is 8.34. The number of hydrogen-bond acceptors (Lipinski definition) is 5. The van der Waals surface area contributed by atoms with Gasteiger partial charge in [-0.3, -0.25) is 0 Å². The van der Waals surface area contributed by atoms with E-state index >= 15 is 0 Å². The lowest BCUT2D eigenvalue weighted by Crippen LogP contribution is -2.36. The average Bonchev–Trinajstić information content (AvgIpc) is 2.85. The van der Waals surface area contributed by atoms with Crippen LogP contribution in [0.3, 0.4) is 0 Å². The van der Waals surface area contributed by atoms with Crippen LogP contribution < -0.4 is 13.5 Å². The quantitative estimate of drug-likeness (QED) is 0.358. The molecule has 0 aromatic heterocycles. The van der Waals surface area contributed by atoms with E-state index in [-0.39, 0.29) is 11.5 Å². The van der Waals surface area contributed by atoms with Crippen molar-refractivity contribution in [2.45, 2.75) is 5.51 Å². The van der Waals surface area contributed by atoms with Crippen molar-refractivity contribution in [2.75, 3.05) is 0 Å². The molecule has 6 nitrogen and oxygen atoms in total. The first kappa shape index (κ1) is 20.8. The fraction of sp³-hybridized carbons (Fsp3) is 0.0476. The molecular formula is C21H13F3NO5PS. The minimum absolute atomic E-state index is 0.0768. The van der Waals surface area contributed by atoms with Gasteiger partial charge in [0.2, 0.25) is 0 Å². The number of rotatable bonds is 2. The van der Waals surface area contributed by atoms with Crippen molar-refractivity contribution in [2.24, 2.45) is 0 Å². The Morgan fingerprint density at radius 2 is 1.16 bits per heavy atom. The van der Waals surface area contributed by atoms with E-state index in [1.54, 1.807) is 36.4 Å². The van der Waals surface area contributed by atoms with Gasteiger partial charge in [-0.15, -0.1) is 0 Å². The summed E-state index contributed by atoms with van der Waals surface area (Å²) in [4.78, 5) is 0. The topological polar surface area (TPSA) is 81.7 Å². The molecule has 4 aromatic carbocycles. The Labute approximate surface area is 180 Å². The first-order chi connectivity index (χ1) is 15.1. The molecular weight excluding hydrogens is 466 g/mol. The molecule has 32 heavy (non-hydrogen) atoms. The van der Waals surface area contributed by atoms with E-state index in [1.165, 1.54) is 12.1 Å². The van der Waals surface area contributed by atoms with Gasteiger partial charge in [0.15, 0.2) is 0 Å². The van der Waals surface area contributed by atoms with Crippen LogP contribution in [0.5, 0.6) is 11.5 Å². The van der Waals surface area contributed by atoms with Crippen LogP contribution in [0.25, 0.3) is 32.7 Å². The molecule has 0 saturated carbocycles. The van der Waals surface area contributed by atoms with Gasteiger partial charge >= 0.3 is 23.3 Å². The molecule has 11 heteroatoms. The van der Waals surface area contributed by atoms with Gasteiger partial charge in [-0.25, -0.2) is 13.0 Å². The van der Waals surface area contributed by atoms with Crippen molar-refractivity contribution in [1.82, 2.24) is 4.49 Å². The summed E-state index contributed by atoms with van der Waals surface area (Å²) in [5.74, 6) is -0.154. The lowest BCUT2D eigenvalue weighted by Gasteiger charge is -2.19. The summed E-state index contributed by atoms with van der Waals surface area (Å²) in [6, 6.07) is 20.5. The molecule has 0 amide bonds. The normalized spacial score (nSPS) is 15.3. The van der Waals surface area contributed by atoms with Gasteiger partial charge in [-0.05, 0) is 33.7 Å². The molecule has 0 unspecified atom stereocenters. The Morgan fingerprint density at radius 3 is 1.59 bits per heavy atom. The number of sulfonamides is 1. The third kappa shape index (κ3) is 3.31. The van der Waals surface area contributed by atoms with Gasteiger partial charge in [-0.1, -0.05) is 65.2 Å². The molecule has 0 bridgehead atoms. The third-order valence-electron chi connectivity index (χ3n) is 5.01. The molecule has 0 saturated heterocycles. The number of nitrogens with one attached hydrogen (secondary N) is 1. The Bertz CT molecular complexity index is 1460. The number of fused-ring (bicyclic) bond motifs is 7. The molecule has 0 fully saturated rings. The molecule has 1 N–H and O–H groups in total. The van der Waals surface area contributed by atoms with Crippen molar-refractivity contribution in [3.8, 4) is 22.6 Å². The highest BCUT2D eigenvalue weighted by atomic mass is 32.2. The monoisotopic (exact) mass is 479 g/mol. The summed E-state index contributed by atoms with van der Waals surface area (Å²) in [6.45, 7) is 0. The smallest absolute Gasteiger partial charge is 0.403 e. The zero-order valence-electron chi connectivity index (χ0n) is 16.0. The standard InChI is InChI=1S/C21H13F3NO5PS/c22-21(23,24)32(27,28)25-31(26)29-17-11-9-13-5-1-3-7-15(13)19(17)20-16-8-4-2-6-14(16)10-12-18(20)30-31/h1-12H,(H,25,26). The maximum atomic E-state index is 13.3. The molecule has 1 aliphatic rings. The van der Waals surface area contributed by atoms with Gasteiger partial charge in [0.25, 0.3) is 0 Å². The van der Waals surface area contributed by atoms with E-state index in [0.717, 1.165) is 15.3 Å². The fourth-order valence-corrected chi connectivity index (χ4v) is 6.43. The second-order valence-corrected chi connectivity index (χ2v) is 10.6. The maximum absolute atomic E-state index is 13.3. The van der Waals surface area contributed by atoms with E-state index in [0.29, 0.717) is 21.9 Å². The largest absolute Gasteiger partial charge is 0.526 e. The highest BCUT2D eigenvalue weighted by Crippen LogP contribution is 2.57. The van der Waals surface area contributed by atoms with E-state index in [1.807, 2.05) is 24.3 Å². The minimum Gasteiger partial charge on any atom is -0.403 e. The second-order valence-electron chi connectivity index (χ2n) is 7.04. The van der Waals surface area contributed by atoms with Crippen LogP contribution in [0.2, 0.25) is 0 Å². The molecule has 0 atom stereocenters. The molecule has 0 aliphatic carbocycles. The number of hydrogen-bond donors (Lipinski definition) is 1. The average molecular weight is 479 g/mol. The molecule has 1 heterocycles. The predicted octanol–water partition coefficient (Wildman–Crippen LogP) is 5.98. The fourth-order valence-electron chi connectivity index (χ4n) is 3.68. The summed E-state index contributed by atoms with van der Waals surface area (Å²) in [7, 11) is -11.1. The van der Waals surface area contributed by atoms with Crippen LogP contribution in [0.15, 0.2) is 72.8 Å². The molecule has 0 spiro atoms. The van der Waals surface area contributed by atoms with Gasteiger partial charge in [0, 0.05) is 11.1 Å². The SMILES string of the molecule is O=P1(NS(=O)(=O)C(F)(F)F)Oc2ccc3ccccc3c2-c2c(ccc3ccccc23)O1. The van der Waals surface area contributed by atoms with Gasteiger partial charge in [0.05, 0.1) is 0 Å². The maximum Gasteiger partial charge on any atom is 0.526 e. The first-order valence-electron chi connectivity index (χ1n) is 9.21. The van der Waals surface area contributed by atoms with Crippen LogP contribution in [-0.2, 0) is 14.6 Å². The van der Waals surface area contributed by atoms with Crippen molar-refractivity contribution in [3.63, 3.8) is 0 Å². The highest BCUT2D eigenvalue weighted by molar-refractivity contribution is 7.95. The van der Waals surface area contributed by atoms with Crippen LogP contribution >= 0.6 is 7.75 Å². The number of benzene rings is 4. The molecule has 164 valence electrons. The van der Waals surface area contributed by atoms with Crippen LogP contribution in [0, 0.1) is 0 Å². The van der Waals surface area contributed by atoms with Crippen LogP contribution in [0.1, 0.15) is 0 Å². The minimum atomic E-state index is -6.03. The predicted molar refractivity (Wildman–Crippen MR) is 114 cm³/mol. The van der Waals surface area contributed by atoms with Crippen molar-refractivity contribution >= 4 is 39.3 Å². The Morgan fingerprint density at radius 1 is 0.719 bits per heavy atom. The van der Waals surface area contributed by atoms with Crippen molar-refractivity contribution in [1.29, 1.82) is 0 Å². The zero-order valence-corrected chi connectivity index (χ0v) is 17.7. The van der Waals surface area contributed by atoms with E-state index < -0.39 is 23.3 Å². The Balaban J connectivity index is 1.84. The summed E-state index contributed by atoms with van der Waals surface area (Å²) in [5, 5.41) is 2.92. The lowest BCUT2D eigenvalue weighted by molar-refractivity contribution is -0.0443. The highest BCUT2D eigenvalue weighted by Gasteiger charge is 2.52. The molecule has 0 radical (unpaired) electrons. The van der Waals surface area contributed by atoms with E-state index in [2.05, 4.69) is 0 Å². The van der Waals surface area contributed by atoms with E-state index in [9.17, 15) is 26.2 Å². The number of halogens is 3. The lowest BCUT2D eigenvalue weighted by atomic mass is 9.92. The van der Waals surface area contributed by atoms with Crippen molar-refractivity contribution < 1.29 is 35.2 Å². The van der Waals surface area contributed by atoms with Gasteiger partial charge in [0.1, 0.15) is 11.5 Å². The molecule has 5 rings (SSSR count). The number of alkyl halides is 3. The van der Waals surface area contributed by atoms with Crippen molar-refractivity contribution in [3.05, 3.63) is 72.8 Å². The first-order valence-corrected chi connectivity index (χ1v) is 12.2. The molecule has 4 aromatic rings. The Kier molecular flexibility index (Phi) is 4.53. The van der Waals surface area contributed by atoms with Crippen LogP contribution in [-0.4, -0.2) is 13.9 Å². The summed E-state index contributed by atoms with van der Waals surface area (Å²) < 4.78 is 87.5. The summed E-state index contributed by atoms with van der Waals surface area (Å²) in [6.07, 6.45) is 0. The van der Waals surface area contributed by atoms with E-state index in [4.69, 9.17) is 9.05 Å². The van der Waals surface area contributed by atoms with Gasteiger partial charge < -0.3 is 9.05 Å². The summed E-state index contributed by atoms with van der Waals surface area (Å²) >= 11 is 0.